The van der Waals surface area contributed by atoms with Crippen LogP contribution in [-0.2, 0) is 7.05 Å². The number of halogens is 2. The van der Waals surface area contributed by atoms with Crippen LogP contribution in [-0.4, -0.2) is 27.3 Å². The molecule has 2 aromatic rings. The van der Waals surface area contributed by atoms with Crippen LogP contribution in [0, 0.1) is 6.92 Å². The molecule has 2 N–H and O–H groups in total. The summed E-state index contributed by atoms with van der Waals surface area (Å²) >= 11 is 12.0. The first-order chi connectivity index (χ1) is 9.90. The molecule has 0 aliphatic rings. The molecule has 21 heavy (non-hydrogen) atoms. The first-order valence-electron chi connectivity index (χ1n) is 6.31. The third kappa shape index (κ3) is 3.56. The molecule has 2 rings (SSSR count). The Morgan fingerprint density at radius 3 is 2.57 bits per heavy atom. The van der Waals surface area contributed by atoms with E-state index >= 15 is 0 Å². The van der Waals surface area contributed by atoms with Crippen molar-refractivity contribution in [1.29, 1.82) is 0 Å². The second-order valence-corrected chi connectivity index (χ2v) is 5.47. The number of rotatable bonds is 4. The fourth-order valence-corrected chi connectivity index (χ4v) is 2.53. The zero-order valence-electron chi connectivity index (χ0n) is 11.6. The SMILES string of the molecule is Cc1cc(C(=O)NC[C@@H](O)c2c(Cl)cccc2Cl)nn1C. The third-order valence-electron chi connectivity index (χ3n) is 3.14. The summed E-state index contributed by atoms with van der Waals surface area (Å²) in [5, 5.41) is 17.5. The molecule has 0 fully saturated rings. The molecule has 1 aromatic carbocycles. The number of nitrogens with zero attached hydrogens (tertiary/aromatic N) is 2. The molecule has 1 amide bonds. The summed E-state index contributed by atoms with van der Waals surface area (Å²) < 4.78 is 1.61. The molecule has 0 unspecified atom stereocenters. The maximum Gasteiger partial charge on any atom is 0.271 e. The summed E-state index contributed by atoms with van der Waals surface area (Å²) in [6.07, 6.45) is -0.986. The lowest BCUT2D eigenvalue weighted by Crippen LogP contribution is -2.29. The normalized spacial score (nSPS) is 12.2. The Balaban J connectivity index is 2.04. The Morgan fingerprint density at radius 1 is 1.43 bits per heavy atom. The van der Waals surface area contributed by atoms with Crippen molar-refractivity contribution < 1.29 is 9.90 Å². The molecule has 112 valence electrons. The van der Waals surface area contributed by atoms with E-state index in [2.05, 4.69) is 10.4 Å². The summed E-state index contributed by atoms with van der Waals surface area (Å²) in [4.78, 5) is 12.0. The number of aliphatic hydroxyl groups is 1. The van der Waals surface area contributed by atoms with Crippen molar-refractivity contribution in [2.75, 3.05) is 6.54 Å². The molecule has 0 saturated carbocycles. The zero-order chi connectivity index (χ0) is 15.6. The van der Waals surface area contributed by atoms with Crippen LogP contribution in [0.4, 0.5) is 0 Å². The standard InChI is InChI=1S/C14H15Cl2N3O2/c1-8-6-11(18-19(8)2)14(21)17-7-12(20)13-9(15)4-3-5-10(13)16/h3-6,12,20H,7H2,1-2H3,(H,17,21)/t12-/m1/s1. The van der Waals surface area contributed by atoms with Gasteiger partial charge in [0, 0.05) is 34.9 Å². The van der Waals surface area contributed by atoms with Crippen molar-refractivity contribution in [3.05, 3.63) is 51.3 Å². The van der Waals surface area contributed by atoms with E-state index in [9.17, 15) is 9.90 Å². The maximum atomic E-state index is 12.0. The van der Waals surface area contributed by atoms with Gasteiger partial charge in [0.05, 0.1) is 6.10 Å². The minimum atomic E-state index is -0.986. The van der Waals surface area contributed by atoms with Gasteiger partial charge >= 0.3 is 0 Å². The maximum absolute atomic E-state index is 12.0. The monoisotopic (exact) mass is 327 g/mol. The van der Waals surface area contributed by atoms with Crippen LogP contribution >= 0.6 is 23.2 Å². The lowest BCUT2D eigenvalue weighted by atomic mass is 10.1. The number of aliphatic hydroxyl groups excluding tert-OH is 1. The van der Waals surface area contributed by atoms with Crippen molar-refractivity contribution >= 4 is 29.1 Å². The Labute approximate surface area is 132 Å². The van der Waals surface area contributed by atoms with E-state index in [1.807, 2.05) is 6.92 Å². The van der Waals surface area contributed by atoms with E-state index in [1.54, 1.807) is 36.0 Å². The van der Waals surface area contributed by atoms with Crippen LogP contribution in [0.5, 0.6) is 0 Å². The number of hydrogen-bond acceptors (Lipinski definition) is 3. The Morgan fingerprint density at radius 2 is 2.05 bits per heavy atom. The summed E-state index contributed by atoms with van der Waals surface area (Å²) in [6, 6.07) is 6.63. The quantitative estimate of drug-likeness (QED) is 0.906. The van der Waals surface area contributed by atoms with Crippen molar-refractivity contribution in [2.24, 2.45) is 7.05 Å². The van der Waals surface area contributed by atoms with Crippen LogP contribution in [0.15, 0.2) is 24.3 Å². The number of benzene rings is 1. The number of aryl methyl sites for hydroxylation is 2. The van der Waals surface area contributed by atoms with E-state index in [0.717, 1.165) is 5.69 Å². The molecular weight excluding hydrogens is 313 g/mol. The van der Waals surface area contributed by atoms with Gasteiger partial charge in [-0.25, -0.2) is 0 Å². The first kappa shape index (κ1) is 15.8. The van der Waals surface area contributed by atoms with E-state index < -0.39 is 6.10 Å². The topological polar surface area (TPSA) is 67.2 Å². The predicted molar refractivity (Wildman–Crippen MR) is 81.7 cm³/mol. The average Bonchev–Trinajstić information content (AvgIpc) is 2.76. The van der Waals surface area contributed by atoms with Gasteiger partial charge in [0.2, 0.25) is 0 Å². The largest absolute Gasteiger partial charge is 0.386 e. The number of amides is 1. The first-order valence-corrected chi connectivity index (χ1v) is 7.06. The summed E-state index contributed by atoms with van der Waals surface area (Å²) in [5.41, 5.74) is 1.57. The molecule has 1 atom stereocenters. The van der Waals surface area contributed by atoms with Gasteiger partial charge in [-0.1, -0.05) is 29.3 Å². The van der Waals surface area contributed by atoms with Gasteiger partial charge in [0.25, 0.3) is 5.91 Å². The van der Waals surface area contributed by atoms with E-state index in [0.29, 0.717) is 21.3 Å². The van der Waals surface area contributed by atoms with E-state index in [4.69, 9.17) is 23.2 Å². The lowest BCUT2D eigenvalue weighted by Gasteiger charge is -2.14. The molecule has 5 nitrogen and oxygen atoms in total. The zero-order valence-corrected chi connectivity index (χ0v) is 13.1. The van der Waals surface area contributed by atoms with Crippen molar-refractivity contribution in [3.8, 4) is 0 Å². The average molecular weight is 328 g/mol. The van der Waals surface area contributed by atoms with Gasteiger partial charge in [-0.3, -0.25) is 9.48 Å². The second-order valence-electron chi connectivity index (χ2n) is 4.66. The van der Waals surface area contributed by atoms with Gasteiger partial charge in [-0.15, -0.1) is 0 Å². The summed E-state index contributed by atoms with van der Waals surface area (Å²) in [5.74, 6) is -0.360. The summed E-state index contributed by atoms with van der Waals surface area (Å²) in [7, 11) is 1.75. The fourth-order valence-electron chi connectivity index (χ4n) is 1.88. The molecule has 0 aliphatic heterocycles. The molecule has 0 spiro atoms. The lowest BCUT2D eigenvalue weighted by molar-refractivity contribution is 0.0910. The minimum Gasteiger partial charge on any atom is -0.386 e. The fraction of sp³-hybridized carbons (Fsp3) is 0.286. The van der Waals surface area contributed by atoms with Gasteiger partial charge in [-0.05, 0) is 25.1 Å². The van der Waals surface area contributed by atoms with Crippen LogP contribution in [0.25, 0.3) is 0 Å². The Kier molecular flexibility index (Phi) is 4.88. The van der Waals surface area contributed by atoms with Crippen molar-refractivity contribution in [1.82, 2.24) is 15.1 Å². The minimum absolute atomic E-state index is 0.00207. The molecular formula is C14H15Cl2N3O2. The van der Waals surface area contributed by atoms with Crippen molar-refractivity contribution in [2.45, 2.75) is 13.0 Å². The van der Waals surface area contributed by atoms with Crippen LogP contribution < -0.4 is 5.32 Å². The van der Waals surface area contributed by atoms with Gasteiger partial charge in [0.15, 0.2) is 0 Å². The van der Waals surface area contributed by atoms with Gasteiger partial charge < -0.3 is 10.4 Å². The molecule has 0 saturated heterocycles. The van der Waals surface area contributed by atoms with Gasteiger partial charge in [-0.2, -0.15) is 5.10 Å². The van der Waals surface area contributed by atoms with E-state index in [1.165, 1.54) is 0 Å². The predicted octanol–water partition coefficient (Wildman–Crippen LogP) is 2.50. The molecule has 0 bridgehead atoms. The Bertz CT molecular complexity index is 630. The molecule has 0 aliphatic carbocycles. The highest BCUT2D eigenvalue weighted by Crippen LogP contribution is 2.29. The van der Waals surface area contributed by atoms with Crippen LogP contribution in [0.3, 0.4) is 0 Å². The van der Waals surface area contributed by atoms with E-state index in [-0.39, 0.29) is 12.5 Å². The Hall–Kier alpha value is -1.56. The molecule has 0 radical (unpaired) electrons. The highest BCUT2D eigenvalue weighted by atomic mass is 35.5. The highest BCUT2D eigenvalue weighted by molar-refractivity contribution is 6.36. The number of carbonyl (C=O) groups is 1. The number of carbonyl (C=O) groups excluding carboxylic acids is 1. The van der Waals surface area contributed by atoms with Crippen molar-refractivity contribution in [3.63, 3.8) is 0 Å². The highest BCUT2D eigenvalue weighted by Gasteiger charge is 2.17. The molecule has 7 heteroatoms. The number of hydrogen-bond donors (Lipinski definition) is 2. The summed E-state index contributed by atoms with van der Waals surface area (Å²) in [6.45, 7) is 1.85. The smallest absolute Gasteiger partial charge is 0.271 e. The van der Waals surface area contributed by atoms with Gasteiger partial charge in [0.1, 0.15) is 5.69 Å². The second kappa shape index (κ2) is 6.47. The van der Waals surface area contributed by atoms with Crippen LogP contribution in [0.2, 0.25) is 10.0 Å². The molecule has 1 aromatic heterocycles. The third-order valence-corrected chi connectivity index (χ3v) is 3.79. The number of aromatic nitrogens is 2. The molecule has 1 heterocycles. The van der Waals surface area contributed by atoms with Crippen LogP contribution in [0.1, 0.15) is 27.8 Å². The number of nitrogens with one attached hydrogen (secondary N) is 1.